The number of nitrogens with zero attached hydrogens (tertiary/aromatic N) is 1. The number of ether oxygens (including phenoxy) is 1. The monoisotopic (exact) mass is 244 g/mol. The van der Waals surface area contributed by atoms with Gasteiger partial charge in [-0.3, -0.25) is 4.79 Å². The number of hydrogen-bond donors (Lipinski definition) is 2. The third-order valence-electron chi connectivity index (χ3n) is 2.83. The highest BCUT2D eigenvalue weighted by Gasteiger charge is 2.24. The van der Waals surface area contributed by atoms with Crippen LogP contribution >= 0.6 is 0 Å². The number of alkyl carbamates (subject to hydrolysis) is 1. The van der Waals surface area contributed by atoms with Crippen molar-refractivity contribution in [3.63, 3.8) is 0 Å². The van der Waals surface area contributed by atoms with Crippen LogP contribution in [-0.4, -0.2) is 54.4 Å². The lowest BCUT2D eigenvalue weighted by molar-refractivity contribution is -0.134. The van der Waals surface area contributed by atoms with E-state index in [0.29, 0.717) is 13.1 Å². The van der Waals surface area contributed by atoms with Gasteiger partial charge in [-0.1, -0.05) is 0 Å². The summed E-state index contributed by atoms with van der Waals surface area (Å²) in [4.78, 5) is 24.4. The molecular formula is C11H20N2O4. The van der Waals surface area contributed by atoms with Crippen molar-refractivity contribution in [2.75, 3.05) is 20.2 Å². The minimum absolute atomic E-state index is 0.0310. The first-order chi connectivity index (χ1) is 8.02. The molecule has 0 aromatic rings. The fourth-order valence-corrected chi connectivity index (χ4v) is 1.88. The minimum Gasteiger partial charge on any atom is -0.453 e. The number of carbonyl (C=O) groups excluding carboxylic acids is 2. The van der Waals surface area contributed by atoms with Crippen LogP contribution in [0.25, 0.3) is 0 Å². The van der Waals surface area contributed by atoms with Gasteiger partial charge in [0, 0.05) is 19.1 Å². The van der Waals surface area contributed by atoms with Gasteiger partial charge in [-0.25, -0.2) is 4.79 Å². The van der Waals surface area contributed by atoms with Crippen LogP contribution in [0.3, 0.4) is 0 Å². The molecule has 1 rings (SSSR count). The fourth-order valence-electron chi connectivity index (χ4n) is 1.88. The number of hydrogen-bond acceptors (Lipinski definition) is 4. The summed E-state index contributed by atoms with van der Waals surface area (Å²) in [6.07, 6.45) is 0.573. The largest absolute Gasteiger partial charge is 0.453 e. The van der Waals surface area contributed by atoms with Crippen LogP contribution in [0.5, 0.6) is 0 Å². The zero-order valence-electron chi connectivity index (χ0n) is 10.3. The second-order valence-corrected chi connectivity index (χ2v) is 4.34. The van der Waals surface area contributed by atoms with Crippen LogP contribution in [0.1, 0.15) is 26.2 Å². The van der Waals surface area contributed by atoms with E-state index in [9.17, 15) is 9.59 Å². The Balaban J connectivity index is 2.30. The Morgan fingerprint density at radius 1 is 1.47 bits per heavy atom. The molecule has 2 amide bonds. The summed E-state index contributed by atoms with van der Waals surface area (Å²) in [6.45, 7) is 2.82. The molecule has 1 heterocycles. The maximum Gasteiger partial charge on any atom is 0.407 e. The van der Waals surface area contributed by atoms with Crippen molar-refractivity contribution in [1.29, 1.82) is 0 Å². The molecule has 6 nitrogen and oxygen atoms in total. The van der Waals surface area contributed by atoms with E-state index in [1.807, 2.05) is 0 Å². The summed E-state index contributed by atoms with van der Waals surface area (Å²) in [7, 11) is 1.33. The first-order valence-corrected chi connectivity index (χ1v) is 5.83. The van der Waals surface area contributed by atoms with E-state index in [1.165, 1.54) is 7.11 Å². The molecule has 1 atom stereocenters. The zero-order valence-corrected chi connectivity index (χ0v) is 10.3. The number of carbonyl (C=O) groups is 2. The molecular weight excluding hydrogens is 224 g/mol. The molecule has 17 heavy (non-hydrogen) atoms. The molecule has 0 saturated carbocycles. The van der Waals surface area contributed by atoms with Gasteiger partial charge in [0.05, 0.1) is 19.6 Å². The number of piperidine rings is 1. The van der Waals surface area contributed by atoms with Crippen molar-refractivity contribution in [2.45, 2.75) is 38.3 Å². The summed E-state index contributed by atoms with van der Waals surface area (Å²) in [6, 6.07) is 0.0676. The summed E-state index contributed by atoms with van der Waals surface area (Å²) in [5, 5.41) is 11.9. The topological polar surface area (TPSA) is 78.9 Å². The summed E-state index contributed by atoms with van der Waals surface area (Å²) in [5.41, 5.74) is 0. The molecule has 0 aliphatic carbocycles. The van der Waals surface area contributed by atoms with Crippen molar-refractivity contribution in [1.82, 2.24) is 10.2 Å². The van der Waals surface area contributed by atoms with Crippen LogP contribution in [0.2, 0.25) is 0 Å². The molecule has 0 aromatic heterocycles. The second kappa shape index (κ2) is 6.44. The van der Waals surface area contributed by atoms with Gasteiger partial charge in [0.2, 0.25) is 5.91 Å². The van der Waals surface area contributed by atoms with Crippen molar-refractivity contribution >= 4 is 12.0 Å². The molecule has 6 heteroatoms. The number of amides is 2. The van der Waals surface area contributed by atoms with Gasteiger partial charge in [-0.2, -0.15) is 0 Å². The van der Waals surface area contributed by atoms with Crippen molar-refractivity contribution < 1.29 is 19.4 Å². The smallest absolute Gasteiger partial charge is 0.407 e. The van der Waals surface area contributed by atoms with Crippen LogP contribution in [0, 0.1) is 0 Å². The van der Waals surface area contributed by atoms with E-state index in [2.05, 4.69) is 10.1 Å². The first-order valence-electron chi connectivity index (χ1n) is 5.83. The second-order valence-electron chi connectivity index (χ2n) is 4.34. The Bertz CT molecular complexity index is 273. The highest BCUT2D eigenvalue weighted by Crippen LogP contribution is 2.12. The highest BCUT2D eigenvalue weighted by atomic mass is 16.5. The number of aliphatic hydroxyl groups excluding tert-OH is 1. The van der Waals surface area contributed by atoms with Gasteiger partial charge in [0.15, 0.2) is 0 Å². The minimum atomic E-state index is -0.603. The summed E-state index contributed by atoms with van der Waals surface area (Å²) < 4.78 is 4.52. The molecule has 0 radical (unpaired) electrons. The van der Waals surface area contributed by atoms with E-state index >= 15 is 0 Å². The molecule has 1 aliphatic heterocycles. The van der Waals surface area contributed by atoms with E-state index in [4.69, 9.17) is 5.11 Å². The zero-order chi connectivity index (χ0) is 12.8. The van der Waals surface area contributed by atoms with Gasteiger partial charge < -0.3 is 20.1 Å². The quantitative estimate of drug-likeness (QED) is 0.738. The Kier molecular flexibility index (Phi) is 5.21. The lowest BCUT2D eigenvalue weighted by Gasteiger charge is -2.32. The molecule has 1 aliphatic rings. The lowest BCUT2D eigenvalue weighted by Crippen LogP contribution is -2.46. The van der Waals surface area contributed by atoms with Crippen LogP contribution in [0.15, 0.2) is 0 Å². The number of likely N-dealkylation sites (tertiary alicyclic amines) is 1. The van der Waals surface area contributed by atoms with Gasteiger partial charge in [0.1, 0.15) is 0 Å². The number of aliphatic hydroxyl groups is 1. The Morgan fingerprint density at radius 2 is 2.06 bits per heavy atom. The molecule has 2 N–H and O–H groups in total. The number of methoxy groups -OCH3 is 1. The van der Waals surface area contributed by atoms with Crippen molar-refractivity contribution in [2.24, 2.45) is 0 Å². The summed E-state index contributed by atoms with van der Waals surface area (Å²) >= 11 is 0. The molecule has 0 spiro atoms. The van der Waals surface area contributed by atoms with Gasteiger partial charge in [0.25, 0.3) is 0 Å². The molecule has 1 saturated heterocycles. The number of nitrogens with one attached hydrogen (secondary N) is 1. The van der Waals surface area contributed by atoms with E-state index in [-0.39, 0.29) is 18.4 Å². The van der Waals surface area contributed by atoms with Gasteiger partial charge >= 0.3 is 6.09 Å². The van der Waals surface area contributed by atoms with Crippen LogP contribution in [-0.2, 0) is 9.53 Å². The molecule has 0 unspecified atom stereocenters. The number of rotatable bonds is 3. The molecule has 0 bridgehead atoms. The lowest BCUT2D eigenvalue weighted by atomic mass is 10.0. The molecule has 0 aromatic carbocycles. The SMILES string of the molecule is COC(=O)NC1CCN(C(=O)C[C@H](C)O)CC1. The normalized spacial score (nSPS) is 18.6. The van der Waals surface area contributed by atoms with Crippen LogP contribution < -0.4 is 5.32 Å². The predicted molar refractivity (Wildman–Crippen MR) is 61.4 cm³/mol. The van der Waals surface area contributed by atoms with Gasteiger partial charge in [-0.15, -0.1) is 0 Å². The Labute approximate surface area is 101 Å². The van der Waals surface area contributed by atoms with E-state index in [0.717, 1.165) is 12.8 Å². The standard InChI is InChI=1S/C11H20N2O4/c1-8(14)7-10(15)13-5-3-9(4-6-13)12-11(16)17-2/h8-9,14H,3-7H2,1-2H3,(H,12,16)/t8-/m0/s1. The average Bonchev–Trinajstić information content (AvgIpc) is 2.28. The third-order valence-corrected chi connectivity index (χ3v) is 2.83. The van der Waals surface area contributed by atoms with Crippen molar-refractivity contribution in [3.8, 4) is 0 Å². The molecule has 1 fully saturated rings. The maximum atomic E-state index is 11.6. The van der Waals surface area contributed by atoms with Gasteiger partial charge in [-0.05, 0) is 19.8 Å². The average molecular weight is 244 g/mol. The maximum absolute atomic E-state index is 11.6. The van der Waals surface area contributed by atoms with Crippen molar-refractivity contribution in [3.05, 3.63) is 0 Å². The van der Waals surface area contributed by atoms with Crippen LogP contribution in [0.4, 0.5) is 4.79 Å². The Morgan fingerprint density at radius 3 is 2.53 bits per heavy atom. The third kappa shape index (κ3) is 4.60. The van der Waals surface area contributed by atoms with E-state index < -0.39 is 12.2 Å². The fraction of sp³-hybridized carbons (Fsp3) is 0.818. The predicted octanol–water partition coefficient (Wildman–Crippen LogP) is 0.104. The Hall–Kier alpha value is -1.30. The van der Waals surface area contributed by atoms with E-state index in [1.54, 1.807) is 11.8 Å². The first kappa shape index (κ1) is 13.8. The highest BCUT2D eigenvalue weighted by molar-refractivity contribution is 5.76. The molecule has 98 valence electrons. The summed E-state index contributed by atoms with van der Waals surface area (Å²) in [5.74, 6) is -0.0310.